The largest absolute Gasteiger partial charge is 0.165 e. The Kier molecular flexibility index (Phi) is 18.2. The molecule has 0 atom stereocenters. The Morgan fingerprint density at radius 3 is 1.85 bits per heavy atom. The highest BCUT2D eigenvalue weighted by atomic mass is 32.2. The Bertz CT molecular complexity index is 250. The zero-order valence-electron chi connectivity index (χ0n) is 13.7. The van der Waals surface area contributed by atoms with Crippen LogP contribution in [0.15, 0.2) is 36.5 Å². The molecule has 0 fully saturated rings. The molecule has 0 aromatic carbocycles. The average molecular weight is 295 g/mol. The molecule has 0 heterocycles. The van der Waals surface area contributed by atoms with E-state index in [2.05, 4.69) is 49.6 Å². The first-order chi connectivity index (χ1) is 9.91. The van der Waals surface area contributed by atoms with Gasteiger partial charge >= 0.3 is 0 Å². The zero-order chi connectivity index (χ0) is 14.7. The third kappa shape index (κ3) is 17.6. The summed E-state index contributed by atoms with van der Waals surface area (Å²) in [6.07, 6.45) is 28.9. The van der Waals surface area contributed by atoms with Crippen LogP contribution in [0.2, 0.25) is 0 Å². The second-order valence-corrected chi connectivity index (χ2v) is 6.18. The fraction of sp³-hybridized carbons (Fsp3) is 0.684. The van der Waals surface area contributed by atoms with Gasteiger partial charge in [0.25, 0.3) is 0 Å². The fourth-order valence-corrected chi connectivity index (χ4v) is 2.54. The Morgan fingerprint density at radius 2 is 1.20 bits per heavy atom. The van der Waals surface area contributed by atoms with Gasteiger partial charge in [-0.1, -0.05) is 69.1 Å². The molecule has 0 rings (SSSR count). The van der Waals surface area contributed by atoms with Crippen LogP contribution in [-0.4, -0.2) is 12.0 Å². The third-order valence-electron chi connectivity index (χ3n) is 3.25. The first-order valence-electron chi connectivity index (χ1n) is 8.35. The van der Waals surface area contributed by atoms with Crippen LogP contribution < -0.4 is 0 Å². The topological polar surface area (TPSA) is 0 Å². The molecule has 0 unspecified atom stereocenters. The van der Waals surface area contributed by atoms with Gasteiger partial charge in [-0.2, -0.15) is 11.8 Å². The summed E-state index contributed by atoms with van der Waals surface area (Å²) in [7, 11) is 0. The number of rotatable bonds is 14. The summed E-state index contributed by atoms with van der Waals surface area (Å²) in [5.74, 6) is 1.34. The summed E-state index contributed by atoms with van der Waals surface area (Å²) >= 11 is 1.97. The molecule has 0 spiro atoms. The van der Waals surface area contributed by atoms with Crippen molar-refractivity contribution < 1.29 is 0 Å². The average Bonchev–Trinajstić information content (AvgIpc) is 2.47. The van der Waals surface area contributed by atoms with Gasteiger partial charge in [-0.25, -0.2) is 0 Å². The number of unbranched alkanes of at least 4 members (excludes halogenated alkanes) is 6. The summed E-state index contributed by atoms with van der Waals surface area (Å²) < 4.78 is 0. The van der Waals surface area contributed by atoms with Gasteiger partial charge in [-0.05, 0) is 50.5 Å². The quantitative estimate of drug-likeness (QED) is 0.247. The van der Waals surface area contributed by atoms with E-state index in [0.29, 0.717) is 0 Å². The normalized spacial score (nSPS) is 12.3. The predicted molar refractivity (Wildman–Crippen MR) is 97.6 cm³/mol. The molecule has 0 saturated carbocycles. The maximum absolute atomic E-state index is 2.35. The standard InChI is InChI=1S/C19H34S/c1-3-4-5-6-7-8-9-10-11-12-13-14-15-16-17-18-19-20-2/h4-5,7-8,10-11H,3,6,9,12-19H2,1-2H3. The molecule has 0 aliphatic carbocycles. The summed E-state index contributed by atoms with van der Waals surface area (Å²) in [4.78, 5) is 0. The molecule has 0 radical (unpaired) electrons. The second kappa shape index (κ2) is 18.6. The zero-order valence-corrected chi connectivity index (χ0v) is 14.5. The van der Waals surface area contributed by atoms with Crippen LogP contribution in [0.3, 0.4) is 0 Å². The SMILES string of the molecule is CCC=CCC=CCC=CCCCCCCCCSC. The van der Waals surface area contributed by atoms with Crippen molar-refractivity contribution in [2.24, 2.45) is 0 Å². The molecule has 116 valence electrons. The van der Waals surface area contributed by atoms with E-state index in [1.165, 1.54) is 50.7 Å². The minimum absolute atomic E-state index is 1.08. The molecule has 20 heavy (non-hydrogen) atoms. The monoisotopic (exact) mass is 294 g/mol. The van der Waals surface area contributed by atoms with Gasteiger partial charge in [-0.3, -0.25) is 0 Å². The van der Waals surface area contributed by atoms with Crippen LogP contribution in [0.4, 0.5) is 0 Å². The molecule has 0 aliphatic rings. The van der Waals surface area contributed by atoms with Gasteiger partial charge in [0.15, 0.2) is 0 Å². The molecule has 0 saturated heterocycles. The van der Waals surface area contributed by atoms with Crippen LogP contribution in [-0.2, 0) is 0 Å². The van der Waals surface area contributed by atoms with E-state index in [9.17, 15) is 0 Å². The number of hydrogen-bond donors (Lipinski definition) is 0. The van der Waals surface area contributed by atoms with Crippen LogP contribution in [0, 0.1) is 0 Å². The van der Waals surface area contributed by atoms with Crippen LogP contribution in [0.25, 0.3) is 0 Å². The number of hydrogen-bond acceptors (Lipinski definition) is 1. The highest BCUT2D eigenvalue weighted by Crippen LogP contribution is 2.09. The Balaban J connectivity index is 3.17. The molecule has 0 aromatic heterocycles. The molecule has 0 amide bonds. The van der Waals surface area contributed by atoms with Crippen molar-refractivity contribution in [3.8, 4) is 0 Å². The Hall–Kier alpha value is -0.430. The molecular weight excluding hydrogens is 260 g/mol. The molecular formula is C19H34S. The maximum Gasteiger partial charge on any atom is -0.00703 e. The number of thioether (sulfide) groups is 1. The molecule has 1 heteroatoms. The van der Waals surface area contributed by atoms with Crippen molar-refractivity contribution in [3.63, 3.8) is 0 Å². The lowest BCUT2D eigenvalue weighted by Crippen LogP contribution is -1.81. The van der Waals surface area contributed by atoms with Gasteiger partial charge in [0.05, 0.1) is 0 Å². The van der Waals surface area contributed by atoms with Crippen LogP contribution in [0.1, 0.15) is 71.1 Å². The van der Waals surface area contributed by atoms with Gasteiger partial charge in [0.2, 0.25) is 0 Å². The lowest BCUT2D eigenvalue weighted by molar-refractivity contribution is 0.613. The summed E-state index contributed by atoms with van der Waals surface area (Å²) in [6, 6.07) is 0. The molecule has 0 nitrogen and oxygen atoms in total. The highest BCUT2D eigenvalue weighted by Gasteiger charge is 1.90. The summed E-state index contributed by atoms with van der Waals surface area (Å²) in [5.41, 5.74) is 0. The lowest BCUT2D eigenvalue weighted by Gasteiger charge is -1.99. The summed E-state index contributed by atoms with van der Waals surface area (Å²) in [6.45, 7) is 2.17. The smallest absolute Gasteiger partial charge is 0.00703 e. The van der Waals surface area contributed by atoms with Crippen LogP contribution >= 0.6 is 11.8 Å². The first-order valence-corrected chi connectivity index (χ1v) is 9.75. The van der Waals surface area contributed by atoms with Crippen molar-refractivity contribution in [1.82, 2.24) is 0 Å². The second-order valence-electron chi connectivity index (χ2n) is 5.20. The fourth-order valence-electron chi connectivity index (χ4n) is 2.04. The van der Waals surface area contributed by atoms with Gasteiger partial charge in [-0.15, -0.1) is 0 Å². The molecule has 0 aromatic rings. The third-order valence-corrected chi connectivity index (χ3v) is 3.95. The molecule has 0 N–H and O–H groups in total. The number of allylic oxidation sites excluding steroid dienone is 6. The van der Waals surface area contributed by atoms with Crippen molar-refractivity contribution in [1.29, 1.82) is 0 Å². The molecule has 0 bridgehead atoms. The van der Waals surface area contributed by atoms with Gasteiger partial charge in [0, 0.05) is 0 Å². The summed E-state index contributed by atoms with van der Waals surface area (Å²) in [5, 5.41) is 0. The van der Waals surface area contributed by atoms with Gasteiger partial charge in [0.1, 0.15) is 0 Å². The maximum atomic E-state index is 2.35. The van der Waals surface area contributed by atoms with Crippen molar-refractivity contribution in [3.05, 3.63) is 36.5 Å². The minimum atomic E-state index is 1.08. The van der Waals surface area contributed by atoms with E-state index < -0.39 is 0 Å². The van der Waals surface area contributed by atoms with E-state index in [1.807, 2.05) is 11.8 Å². The van der Waals surface area contributed by atoms with Gasteiger partial charge < -0.3 is 0 Å². The van der Waals surface area contributed by atoms with Crippen LogP contribution in [0.5, 0.6) is 0 Å². The molecule has 0 aliphatic heterocycles. The lowest BCUT2D eigenvalue weighted by atomic mass is 10.1. The predicted octanol–water partition coefficient (Wildman–Crippen LogP) is 6.94. The van der Waals surface area contributed by atoms with E-state index in [0.717, 1.165) is 19.3 Å². The first kappa shape index (κ1) is 19.6. The van der Waals surface area contributed by atoms with Crippen molar-refractivity contribution >= 4 is 11.8 Å². The Morgan fingerprint density at radius 1 is 0.650 bits per heavy atom. The van der Waals surface area contributed by atoms with E-state index in [1.54, 1.807) is 0 Å². The minimum Gasteiger partial charge on any atom is -0.165 e. The van der Waals surface area contributed by atoms with E-state index >= 15 is 0 Å². The van der Waals surface area contributed by atoms with E-state index in [-0.39, 0.29) is 0 Å². The highest BCUT2D eigenvalue weighted by molar-refractivity contribution is 7.98. The Labute approximate surface area is 131 Å². The van der Waals surface area contributed by atoms with E-state index in [4.69, 9.17) is 0 Å². The van der Waals surface area contributed by atoms with Crippen molar-refractivity contribution in [2.45, 2.75) is 71.1 Å². The van der Waals surface area contributed by atoms with Crippen molar-refractivity contribution in [2.75, 3.05) is 12.0 Å².